The average Bonchev–Trinajstić information content (AvgIpc) is 1.60. The van der Waals surface area contributed by atoms with Crippen LogP contribution in [0.4, 0.5) is 0 Å². The molecule has 98 heavy (non-hydrogen) atoms. The summed E-state index contributed by atoms with van der Waals surface area (Å²) in [6.07, 6.45) is 1.12. The lowest BCUT2D eigenvalue weighted by Crippen LogP contribution is -2.63. The molecule has 534 valence electrons. The van der Waals surface area contributed by atoms with Gasteiger partial charge in [0.1, 0.15) is 54.1 Å². The van der Waals surface area contributed by atoms with E-state index in [1.165, 1.54) is 17.0 Å². The molecule has 0 radical (unpaired) electrons. The predicted octanol–water partition coefficient (Wildman–Crippen LogP) is -4.76. The Morgan fingerprint density at radius 1 is 0.643 bits per heavy atom. The van der Waals surface area contributed by atoms with Gasteiger partial charge in [0.05, 0.1) is 25.6 Å². The van der Waals surface area contributed by atoms with Gasteiger partial charge >= 0.3 is 0 Å². The van der Waals surface area contributed by atoms with Gasteiger partial charge < -0.3 is 103 Å². The normalized spacial score (nSPS) is 18.9. The van der Waals surface area contributed by atoms with Crippen molar-refractivity contribution in [1.29, 1.82) is 0 Å². The largest absolute Gasteiger partial charge is 0.508 e. The summed E-state index contributed by atoms with van der Waals surface area (Å²) in [4.78, 5) is 178. The third kappa shape index (κ3) is 27.0. The Labute approximate surface area is 568 Å². The number of nitrogens with one attached hydrogen (secondary N) is 11. The van der Waals surface area contributed by atoms with Crippen molar-refractivity contribution in [3.63, 3.8) is 0 Å². The maximum absolute atomic E-state index is 14.8. The fraction of sp³-hybridized carbons (Fsp3) is 0.508. The number of aliphatic imine (C=N–C) groups is 2. The van der Waals surface area contributed by atoms with Crippen molar-refractivity contribution in [3.05, 3.63) is 102 Å². The minimum absolute atomic E-state index is 0.00285. The molecule has 0 spiro atoms. The third-order valence-corrected chi connectivity index (χ3v) is 16.4. The molecule has 3 aromatic rings. The lowest BCUT2D eigenvalue weighted by Gasteiger charge is -2.32. The first-order valence-electron chi connectivity index (χ1n) is 32.8. The number of carbonyl (C=O) groups is 12. The minimum atomic E-state index is -1.83. The molecule has 0 aliphatic carbocycles. The SMILES string of the molecule is CCC(C)C1NC(=O)C(CCCN=C(N)N)NC(=O)C(NC(=O)C(Cc2ccccc2)NC(=O)CNC(=O)CNC(=O)C(Cc2ccc(O)cc2)NCc2ccccc2)CC(=O)NCC(C(=O)NC(CCCN=C(N)N)C(=O)N2CCCC2C(=O)NC(CCCCN)C(N)=O)NC1=O. The maximum atomic E-state index is 14.8. The second-order valence-corrected chi connectivity index (χ2v) is 24.1. The lowest BCUT2D eigenvalue weighted by atomic mass is 9.96. The van der Waals surface area contributed by atoms with Crippen LogP contribution in [0.25, 0.3) is 0 Å². The van der Waals surface area contributed by atoms with Gasteiger partial charge in [-0.05, 0) is 105 Å². The van der Waals surface area contributed by atoms with E-state index in [1.54, 1.807) is 56.3 Å². The molecule has 10 unspecified atom stereocenters. The summed E-state index contributed by atoms with van der Waals surface area (Å²) in [6.45, 7) is 2.14. The van der Waals surface area contributed by atoms with Crippen molar-refractivity contribution >= 4 is 82.8 Å². The van der Waals surface area contributed by atoms with Crippen molar-refractivity contribution in [1.82, 2.24) is 63.4 Å². The van der Waals surface area contributed by atoms with Gasteiger partial charge in [-0.1, -0.05) is 93.1 Å². The van der Waals surface area contributed by atoms with Crippen LogP contribution in [0.3, 0.4) is 0 Å². The molecule has 3 aromatic carbocycles. The summed E-state index contributed by atoms with van der Waals surface area (Å²) in [5.41, 5.74) is 35.7. The van der Waals surface area contributed by atoms with Gasteiger partial charge in [-0.25, -0.2) is 0 Å². The van der Waals surface area contributed by atoms with E-state index in [9.17, 15) is 62.6 Å². The Hall–Kier alpha value is -10.4. The van der Waals surface area contributed by atoms with E-state index >= 15 is 0 Å². The third-order valence-electron chi connectivity index (χ3n) is 16.4. The van der Waals surface area contributed by atoms with Crippen LogP contribution in [0.15, 0.2) is 94.9 Å². The molecule has 24 N–H and O–H groups in total. The van der Waals surface area contributed by atoms with Crippen molar-refractivity contribution in [2.75, 3.05) is 45.8 Å². The molecular formula is C65H96N20O13. The quantitative estimate of drug-likeness (QED) is 0.0149. The maximum Gasteiger partial charge on any atom is 0.245 e. The minimum Gasteiger partial charge on any atom is -0.508 e. The van der Waals surface area contributed by atoms with Crippen LogP contribution in [-0.2, 0) is 76.9 Å². The molecule has 0 saturated carbocycles. The van der Waals surface area contributed by atoms with Gasteiger partial charge in [0.15, 0.2) is 11.9 Å². The van der Waals surface area contributed by atoms with Gasteiger partial charge in [0.25, 0.3) is 0 Å². The first kappa shape index (κ1) is 78.3. The zero-order valence-corrected chi connectivity index (χ0v) is 55.4. The number of phenolic OH excluding ortho intramolecular Hbond substituents is 1. The molecule has 2 heterocycles. The molecule has 0 bridgehead atoms. The Bertz CT molecular complexity index is 3240. The fourth-order valence-electron chi connectivity index (χ4n) is 10.8. The summed E-state index contributed by atoms with van der Waals surface area (Å²) in [5.74, 6) is -11.3. The van der Waals surface area contributed by atoms with E-state index in [1.807, 2.05) is 30.3 Å². The molecule has 12 amide bonds. The first-order chi connectivity index (χ1) is 46.8. The molecule has 2 aliphatic heterocycles. The number of carbonyl (C=O) groups excluding carboxylic acids is 12. The van der Waals surface area contributed by atoms with E-state index in [0.29, 0.717) is 37.9 Å². The van der Waals surface area contributed by atoms with Gasteiger partial charge in [0, 0.05) is 39.1 Å². The molecule has 10 atom stereocenters. The fourth-order valence-corrected chi connectivity index (χ4v) is 10.8. The Morgan fingerprint density at radius 3 is 1.90 bits per heavy atom. The second kappa shape index (κ2) is 40.8. The predicted molar refractivity (Wildman–Crippen MR) is 362 cm³/mol. The number of rotatable bonds is 35. The highest BCUT2D eigenvalue weighted by Gasteiger charge is 2.41. The van der Waals surface area contributed by atoms with Gasteiger partial charge in [0.2, 0.25) is 70.9 Å². The van der Waals surface area contributed by atoms with E-state index < -0.39 is 157 Å². The van der Waals surface area contributed by atoms with Crippen LogP contribution in [0, 0.1) is 5.92 Å². The van der Waals surface area contributed by atoms with Crippen molar-refractivity contribution in [2.45, 2.75) is 158 Å². The van der Waals surface area contributed by atoms with Crippen LogP contribution >= 0.6 is 0 Å². The standard InChI is InChI=1S/C65H96N20O13/c1-3-38(2)54-62(97)83-49(60(95)81-45(21-13-29-73-65(70)71)63(98)85-30-14-22-50(85)61(96)79-43(55(67)90)19-10-11-27-66)35-75-51(87)33-48(59(94)80-44(57(92)84-54)20-12-28-72-64(68)69)82-58(93)47(32-39-15-6-4-7-16-39)78-53(89)37-76-52(88)36-77-56(91)46(31-40-23-25-42(86)26-24-40)74-34-41-17-8-5-9-18-41/h4-9,15-18,23-26,38,43-50,54,74,86H,3,10-14,19-22,27-37,66H2,1-2H3,(H2,67,90)(H,75,87)(H,76,88)(H,77,91)(H,78,89)(H,79,96)(H,80,94)(H,81,95)(H,82,93)(H,83,97)(H,84,92)(H4,68,69,72)(H4,70,71,73). The number of hydrogen-bond acceptors (Lipinski definition) is 17. The first-order valence-corrected chi connectivity index (χ1v) is 32.8. The van der Waals surface area contributed by atoms with Crippen molar-refractivity contribution in [2.24, 2.45) is 50.3 Å². The highest BCUT2D eigenvalue weighted by atomic mass is 16.3. The number of nitrogens with zero attached hydrogens (tertiary/aromatic N) is 3. The topological polar surface area (TPSA) is 541 Å². The van der Waals surface area contributed by atoms with Crippen molar-refractivity contribution < 1.29 is 62.6 Å². The van der Waals surface area contributed by atoms with Crippen LogP contribution < -0.4 is 92.9 Å². The van der Waals surface area contributed by atoms with Crippen LogP contribution in [0.5, 0.6) is 5.75 Å². The summed E-state index contributed by atoms with van der Waals surface area (Å²) in [7, 11) is 0. The smallest absolute Gasteiger partial charge is 0.245 e. The molecular weight excluding hydrogens is 1270 g/mol. The van der Waals surface area contributed by atoms with Crippen LogP contribution in [0.2, 0.25) is 0 Å². The van der Waals surface area contributed by atoms with Crippen LogP contribution in [0.1, 0.15) is 101 Å². The number of nitrogens with two attached hydrogens (primary N) is 6. The van der Waals surface area contributed by atoms with Crippen LogP contribution in [-0.4, -0.2) is 193 Å². The number of guanidine groups is 2. The highest BCUT2D eigenvalue weighted by Crippen LogP contribution is 2.21. The number of phenols is 1. The number of primary amides is 1. The molecule has 2 saturated heterocycles. The van der Waals surface area contributed by atoms with E-state index in [2.05, 4.69) is 68.5 Å². The van der Waals surface area contributed by atoms with E-state index in [4.69, 9.17) is 34.4 Å². The molecule has 0 aromatic heterocycles. The van der Waals surface area contributed by atoms with Gasteiger partial charge in [-0.2, -0.15) is 0 Å². The zero-order chi connectivity index (χ0) is 71.7. The molecule has 33 heteroatoms. The number of unbranched alkanes of at least 4 members (excludes halogenated alkanes) is 1. The molecule has 2 aliphatic rings. The molecule has 2 fully saturated rings. The number of likely N-dealkylation sites (tertiary alicyclic amines) is 1. The zero-order valence-electron chi connectivity index (χ0n) is 55.4. The molecule has 33 nitrogen and oxygen atoms in total. The summed E-state index contributed by atoms with van der Waals surface area (Å²) < 4.78 is 0. The van der Waals surface area contributed by atoms with Gasteiger partial charge in [-0.3, -0.25) is 67.5 Å². The second-order valence-electron chi connectivity index (χ2n) is 24.1. The number of benzene rings is 3. The summed E-state index contributed by atoms with van der Waals surface area (Å²) >= 11 is 0. The molecule has 5 rings (SSSR count). The average molecular weight is 1370 g/mol. The highest BCUT2D eigenvalue weighted by molar-refractivity contribution is 6.00. The Morgan fingerprint density at radius 2 is 1.26 bits per heavy atom. The monoisotopic (exact) mass is 1360 g/mol. The van der Waals surface area contributed by atoms with E-state index in [0.717, 1.165) is 11.1 Å². The lowest BCUT2D eigenvalue weighted by molar-refractivity contribution is -0.142. The number of amides is 12. The Kier molecular flexibility index (Phi) is 32.6. The summed E-state index contributed by atoms with van der Waals surface area (Å²) in [5, 5.41) is 39.0. The number of aromatic hydroxyl groups is 1. The van der Waals surface area contributed by atoms with Crippen molar-refractivity contribution in [3.8, 4) is 5.75 Å². The Balaban J connectivity index is 1.40. The number of hydrogen-bond donors (Lipinski definition) is 18. The summed E-state index contributed by atoms with van der Waals surface area (Å²) in [6, 6.07) is 11.7. The van der Waals surface area contributed by atoms with E-state index in [-0.39, 0.29) is 95.1 Å². The van der Waals surface area contributed by atoms with Gasteiger partial charge in [-0.15, -0.1) is 0 Å².